The lowest BCUT2D eigenvalue weighted by molar-refractivity contribution is -0.156. The van der Waals surface area contributed by atoms with Gasteiger partial charge in [0.05, 0.1) is 17.3 Å². The van der Waals surface area contributed by atoms with Crippen molar-refractivity contribution in [3.05, 3.63) is 59.9 Å². The van der Waals surface area contributed by atoms with E-state index >= 15 is 0 Å². The van der Waals surface area contributed by atoms with Crippen molar-refractivity contribution in [3.63, 3.8) is 0 Å². The number of pyridine rings is 1. The number of benzene rings is 1. The predicted molar refractivity (Wildman–Crippen MR) is 132 cm³/mol. The van der Waals surface area contributed by atoms with Gasteiger partial charge in [0.15, 0.2) is 5.78 Å². The van der Waals surface area contributed by atoms with Crippen molar-refractivity contribution in [2.75, 3.05) is 0 Å². The molecule has 9 nitrogen and oxygen atoms in total. The Balaban J connectivity index is 1.65. The Bertz CT molecular complexity index is 1230. The summed E-state index contributed by atoms with van der Waals surface area (Å²) in [4.78, 5) is 40.7. The van der Waals surface area contributed by atoms with Crippen LogP contribution in [0.25, 0.3) is 16.9 Å². The number of imidazole rings is 1. The summed E-state index contributed by atoms with van der Waals surface area (Å²) in [5, 5.41) is 9.26. The van der Waals surface area contributed by atoms with Gasteiger partial charge in [0, 0.05) is 29.9 Å². The van der Waals surface area contributed by atoms with Crippen molar-refractivity contribution in [2.45, 2.75) is 64.1 Å². The first-order chi connectivity index (χ1) is 16.5. The van der Waals surface area contributed by atoms with E-state index in [0.717, 1.165) is 0 Å². The van der Waals surface area contributed by atoms with Crippen LogP contribution in [0.5, 0.6) is 0 Å². The number of carboxylic acids is 1. The van der Waals surface area contributed by atoms with Crippen molar-refractivity contribution in [2.24, 2.45) is 11.5 Å². The number of esters is 1. The number of rotatable bonds is 10. The van der Waals surface area contributed by atoms with Crippen LogP contribution in [0.1, 0.15) is 68.4 Å². The molecule has 0 aliphatic heterocycles. The Morgan fingerprint density at radius 3 is 2.54 bits per heavy atom. The number of hydrogen-bond acceptors (Lipinski definition) is 7. The van der Waals surface area contributed by atoms with Crippen LogP contribution >= 0.6 is 0 Å². The number of Topliss-reactive ketones (excluding diaryl/α,β-unsaturated/α-hetero) is 1. The van der Waals surface area contributed by atoms with Crippen LogP contribution in [-0.4, -0.2) is 43.9 Å². The van der Waals surface area contributed by atoms with Gasteiger partial charge in [0.25, 0.3) is 0 Å². The molecule has 2 unspecified atom stereocenters. The molecule has 0 saturated heterocycles. The molecule has 2 atom stereocenters. The highest BCUT2D eigenvalue weighted by Crippen LogP contribution is 2.25. The fourth-order valence-corrected chi connectivity index (χ4v) is 3.72. The lowest BCUT2D eigenvalue weighted by Gasteiger charge is -2.22. The standard InChI is InChI=1S/C26H32N4O5/c1-26(2,3)35-25(34)19(27)11-4-5-12-21(31)22(28)18-10-7-13-30-15-20(29-23(18)30)16-8-6-9-17(14-16)24(32)33/h6-10,13-15,19,22H,4-5,11-12,27-28H2,1-3H3,(H,32,33). The second-order valence-corrected chi connectivity index (χ2v) is 9.54. The number of aromatic carboxylic acids is 1. The van der Waals surface area contributed by atoms with E-state index in [4.69, 9.17) is 16.2 Å². The Morgan fingerprint density at radius 1 is 1.11 bits per heavy atom. The van der Waals surface area contributed by atoms with Crippen LogP contribution in [-0.2, 0) is 14.3 Å². The van der Waals surface area contributed by atoms with E-state index in [1.54, 1.807) is 67.9 Å². The zero-order valence-electron chi connectivity index (χ0n) is 20.2. The van der Waals surface area contributed by atoms with Crippen LogP contribution in [0.3, 0.4) is 0 Å². The van der Waals surface area contributed by atoms with E-state index in [-0.39, 0.29) is 17.8 Å². The van der Waals surface area contributed by atoms with Gasteiger partial charge < -0.3 is 25.7 Å². The number of ether oxygens (including phenoxy) is 1. The number of carboxylic acid groups (broad SMARTS) is 1. The minimum atomic E-state index is -1.02. The quantitative estimate of drug-likeness (QED) is 0.295. The van der Waals surface area contributed by atoms with Crippen molar-refractivity contribution < 1.29 is 24.2 Å². The summed E-state index contributed by atoms with van der Waals surface area (Å²) >= 11 is 0. The van der Waals surface area contributed by atoms with E-state index in [2.05, 4.69) is 4.98 Å². The van der Waals surface area contributed by atoms with E-state index < -0.39 is 29.6 Å². The smallest absolute Gasteiger partial charge is 0.335 e. The van der Waals surface area contributed by atoms with Gasteiger partial charge in [-0.2, -0.15) is 0 Å². The predicted octanol–water partition coefficient (Wildman–Crippen LogP) is 3.50. The highest BCUT2D eigenvalue weighted by Gasteiger charge is 2.23. The molecule has 186 valence electrons. The molecule has 35 heavy (non-hydrogen) atoms. The maximum absolute atomic E-state index is 12.8. The minimum Gasteiger partial charge on any atom is -0.478 e. The molecule has 2 heterocycles. The topological polar surface area (TPSA) is 150 Å². The number of nitrogens with two attached hydrogens (primary N) is 2. The summed E-state index contributed by atoms with van der Waals surface area (Å²) in [5.41, 5.74) is 14.1. The molecule has 0 bridgehead atoms. The molecular formula is C26H32N4O5. The van der Waals surface area contributed by atoms with Gasteiger partial charge in [0.1, 0.15) is 17.3 Å². The van der Waals surface area contributed by atoms with Gasteiger partial charge in [0.2, 0.25) is 0 Å². The third-order valence-electron chi connectivity index (χ3n) is 5.50. The third-order valence-corrected chi connectivity index (χ3v) is 5.50. The van der Waals surface area contributed by atoms with Gasteiger partial charge in [-0.1, -0.05) is 24.6 Å². The molecule has 1 aromatic carbocycles. The Hall–Kier alpha value is -3.56. The van der Waals surface area contributed by atoms with Gasteiger partial charge in [-0.3, -0.25) is 9.59 Å². The lowest BCUT2D eigenvalue weighted by atomic mass is 9.99. The maximum atomic E-state index is 12.8. The summed E-state index contributed by atoms with van der Waals surface area (Å²) in [7, 11) is 0. The lowest BCUT2D eigenvalue weighted by Crippen LogP contribution is -2.37. The molecule has 0 spiro atoms. The highest BCUT2D eigenvalue weighted by molar-refractivity contribution is 5.89. The van der Waals surface area contributed by atoms with Crippen LogP contribution in [0.4, 0.5) is 0 Å². The third kappa shape index (κ3) is 6.74. The first-order valence-corrected chi connectivity index (χ1v) is 11.5. The Morgan fingerprint density at radius 2 is 1.86 bits per heavy atom. The van der Waals surface area contributed by atoms with Gasteiger partial charge in [-0.25, -0.2) is 9.78 Å². The fourth-order valence-electron chi connectivity index (χ4n) is 3.72. The van der Waals surface area contributed by atoms with Crippen LogP contribution < -0.4 is 11.5 Å². The fraction of sp³-hybridized carbons (Fsp3) is 0.385. The molecule has 0 amide bonds. The molecule has 5 N–H and O–H groups in total. The Labute approximate surface area is 204 Å². The van der Waals surface area contributed by atoms with Gasteiger partial charge in [-0.05, 0) is 51.8 Å². The van der Waals surface area contributed by atoms with Gasteiger partial charge >= 0.3 is 11.9 Å². The first-order valence-electron chi connectivity index (χ1n) is 11.5. The zero-order chi connectivity index (χ0) is 25.8. The number of nitrogens with zero attached hydrogens (tertiary/aromatic N) is 2. The average molecular weight is 481 g/mol. The van der Waals surface area contributed by atoms with Crippen LogP contribution in [0.2, 0.25) is 0 Å². The summed E-state index contributed by atoms with van der Waals surface area (Å²) < 4.78 is 7.05. The number of ketones is 1. The molecule has 0 saturated carbocycles. The maximum Gasteiger partial charge on any atom is 0.335 e. The largest absolute Gasteiger partial charge is 0.478 e. The second kappa shape index (κ2) is 10.8. The molecule has 0 radical (unpaired) electrons. The second-order valence-electron chi connectivity index (χ2n) is 9.54. The number of carbonyl (C=O) groups is 3. The number of carbonyl (C=O) groups excluding carboxylic acids is 2. The SMILES string of the molecule is CC(C)(C)OC(=O)C(N)CCCCC(=O)C(N)c1cccn2cc(-c3cccc(C(=O)O)c3)nc12. The van der Waals surface area contributed by atoms with Crippen molar-refractivity contribution in [1.29, 1.82) is 0 Å². The number of fused-ring (bicyclic) bond motifs is 1. The number of hydrogen-bond donors (Lipinski definition) is 3. The molecular weight excluding hydrogens is 448 g/mol. The van der Waals surface area contributed by atoms with E-state index in [0.29, 0.717) is 41.7 Å². The summed E-state index contributed by atoms with van der Waals surface area (Å²) in [6.07, 6.45) is 5.38. The summed E-state index contributed by atoms with van der Waals surface area (Å²) in [5.74, 6) is -1.60. The van der Waals surface area contributed by atoms with E-state index in [9.17, 15) is 19.5 Å². The minimum absolute atomic E-state index is 0.138. The van der Waals surface area contributed by atoms with Crippen molar-refractivity contribution in [1.82, 2.24) is 9.38 Å². The Kier molecular flexibility index (Phi) is 8.03. The number of aromatic nitrogens is 2. The molecule has 0 fully saturated rings. The number of unbranched alkanes of at least 4 members (excludes halogenated alkanes) is 1. The highest BCUT2D eigenvalue weighted by atomic mass is 16.6. The molecule has 3 rings (SSSR count). The molecule has 0 aliphatic rings. The summed E-state index contributed by atoms with van der Waals surface area (Å²) in [6, 6.07) is 8.47. The van der Waals surface area contributed by atoms with Crippen molar-refractivity contribution in [3.8, 4) is 11.3 Å². The summed E-state index contributed by atoms with van der Waals surface area (Å²) in [6.45, 7) is 5.36. The molecule has 2 aromatic heterocycles. The normalized spacial score (nSPS) is 13.4. The van der Waals surface area contributed by atoms with E-state index in [1.165, 1.54) is 6.07 Å². The average Bonchev–Trinajstić information content (AvgIpc) is 3.24. The monoisotopic (exact) mass is 480 g/mol. The van der Waals surface area contributed by atoms with Crippen LogP contribution in [0, 0.1) is 0 Å². The van der Waals surface area contributed by atoms with E-state index in [1.807, 2.05) is 0 Å². The molecule has 9 heteroatoms. The molecule has 3 aromatic rings. The van der Waals surface area contributed by atoms with Crippen LogP contribution in [0.15, 0.2) is 48.8 Å². The first kappa shape index (κ1) is 26.1. The van der Waals surface area contributed by atoms with Gasteiger partial charge in [-0.15, -0.1) is 0 Å². The zero-order valence-corrected chi connectivity index (χ0v) is 20.2. The molecule has 0 aliphatic carbocycles. The van der Waals surface area contributed by atoms with Crippen molar-refractivity contribution >= 4 is 23.4 Å².